The summed E-state index contributed by atoms with van der Waals surface area (Å²) in [4.78, 5) is 0. The van der Waals surface area contributed by atoms with Gasteiger partial charge in [-0.25, -0.2) is 0 Å². The Morgan fingerprint density at radius 3 is 2.53 bits per heavy atom. The molecule has 0 unspecified atom stereocenters. The van der Waals surface area contributed by atoms with Crippen molar-refractivity contribution in [2.75, 3.05) is 0 Å². The second-order valence-electron chi connectivity index (χ2n) is 4.76. The van der Waals surface area contributed by atoms with Crippen LogP contribution in [0.2, 0.25) is 0 Å². The van der Waals surface area contributed by atoms with E-state index in [0.29, 0.717) is 11.5 Å². The van der Waals surface area contributed by atoms with Crippen LogP contribution >= 0.6 is 0 Å². The van der Waals surface area contributed by atoms with Crippen molar-refractivity contribution in [3.05, 3.63) is 35.4 Å². The third-order valence-electron chi connectivity index (χ3n) is 4.07. The summed E-state index contributed by atoms with van der Waals surface area (Å²) in [6, 6.07) is 9.99. The van der Waals surface area contributed by atoms with Crippen LogP contribution in [0, 0.1) is 17.2 Å². The fraction of sp³-hybridized carbons (Fsp3) is 0.462. The SMILES string of the molecule is N#Cc1ccc([C@@]23CC[C@H](O)[C@@H]2C3)cc1. The lowest BCUT2D eigenvalue weighted by molar-refractivity contribution is 0.159. The van der Waals surface area contributed by atoms with Gasteiger partial charge in [-0.1, -0.05) is 12.1 Å². The smallest absolute Gasteiger partial charge is 0.0991 e. The van der Waals surface area contributed by atoms with Gasteiger partial charge in [0.15, 0.2) is 0 Å². The van der Waals surface area contributed by atoms with Gasteiger partial charge >= 0.3 is 0 Å². The zero-order valence-electron chi connectivity index (χ0n) is 8.48. The first kappa shape index (κ1) is 8.94. The normalized spacial score (nSPS) is 37.1. The molecule has 2 aliphatic carbocycles. The number of aliphatic hydroxyl groups is 1. The number of nitriles is 1. The highest BCUT2D eigenvalue weighted by Gasteiger charge is 2.61. The minimum absolute atomic E-state index is 0.0966. The summed E-state index contributed by atoms with van der Waals surface area (Å²) < 4.78 is 0. The van der Waals surface area contributed by atoms with E-state index in [1.165, 1.54) is 5.56 Å². The Balaban J connectivity index is 1.92. The summed E-state index contributed by atoms with van der Waals surface area (Å²) in [6.07, 6.45) is 3.07. The number of rotatable bonds is 1. The first-order valence-corrected chi connectivity index (χ1v) is 5.45. The highest BCUT2D eigenvalue weighted by atomic mass is 16.3. The van der Waals surface area contributed by atoms with Gasteiger partial charge in [0.1, 0.15) is 0 Å². The van der Waals surface area contributed by atoms with Gasteiger partial charge in [-0.3, -0.25) is 0 Å². The summed E-state index contributed by atoms with van der Waals surface area (Å²) in [6.45, 7) is 0. The first-order valence-electron chi connectivity index (χ1n) is 5.45. The Morgan fingerprint density at radius 2 is 2.07 bits per heavy atom. The van der Waals surface area contributed by atoms with Crippen molar-refractivity contribution in [3.63, 3.8) is 0 Å². The number of nitrogens with zero attached hydrogens (tertiary/aromatic N) is 1. The molecule has 0 radical (unpaired) electrons. The van der Waals surface area contributed by atoms with Crippen molar-refractivity contribution in [3.8, 4) is 6.07 Å². The Kier molecular flexibility index (Phi) is 1.69. The molecule has 0 amide bonds. The molecule has 76 valence electrons. The molecule has 1 aromatic carbocycles. The minimum atomic E-state index is -0.0966. The van der Waals surface area contributed by atoms with Gasteiger partial charge in [0, 0.05) is 5.41 Å². The van der Waals surface area contributed by atoms with Gasteiger partial charge < -0.3 is 5.11 Å². The van der Waals surface area contributed by atoms with Gasteiger partial charge in [0.05, 0.1) is 17.7 Å². The third kappa shape index (κ3) is 1.13. The van der Waals surface area contributed by atoms with Crippen molar-refractivity contribution in [2.24, 2.45) is 5.92 Å². The molecule has 0 aromatic heterocycles. The van der Waals surface area contributed by atoms with E-state index in [1.807, 2.05) is 12.1 Å². The topological polar surface area (TPSA) is 44.0 Å². The van der Waals surface area contributed by atoms with Gasteiger partial charge in [0.2, 0.25) is 0 Å². The van der Waals surface area contributed by atoms with Crippen molar-refractivity contribution < 1.29 is 5.11 Å². The zero-order valence-corrected chi connectivity index (χ0v) is 8.48. The van der Waals surface area contributed by atoms with Gasteiger partial charge in [-0.2, -0.15) is 5.26 Å². The van der Waals surface area contributed by atoms with Crippen LogP contribution in [-0.2, 0) is 5.41 Å². The number of aliphatic hydroxyl groups excluding tert-OH is 1. The summed E-state index contributed by atoms with van der Waals surface area (Å²) >= 11 is 0. The first-order chi connectivity index (χ1) is 7.26. The molecule has 2 saturated carbocycles. The lowest BCUT2D eigenvalue weighted by Crippen LogP contribution is -2.06. The fourth-order valence-corrected chi connectivity index (χ4v) is 3.08. The van der Waals surface area contributed by atoms with Crippen LogP contribution in [0.5, 0.6) is 0 Å². The van der Waals surface area contributed by atoms with Crippen LogP contribution in [0.4, 0.5) is 0 Å². The maximum atomic E-state index is 9.71. The van der Waals surface area contributed by atoms with Gasteiger partial charge in [0.25, 0.3) is 0 Å². The number of benzene rings is 1. The molecule has 0 spiro atoms. The molecule has 0 heterocycles. The van der Waals surface area contributed by atoms with Crippen LogP contribution in [0.1, 0.15) is 30.4 Å². The Bertz CT molecular complexity index is 431. The highest BCUT2D eigenvalue weighted by molar-refractivity contribution is 5.41. The molecule has 2 nitrogen and oxygen atoms in total. The maximum Gasteiger partial charge on any atom is 0.0991 e. The van der Waals surface area contributed by atoms with Crippen molar-refractivity contribution in [1.82, 2.24) is 0 Å². The van der Waals surface area contributed by atoms with E-state index in [-0.39, 0.29) is 11.5 Å². The van der Waals surface area contributed by atoms with Crippen LogP contribution in [0.25, 0.3) is 0 Å². The second-order valence-corrected chi connectivity index (χ2v) is 4.76. The van der Waals surface area contributed by atoms with Crippen LogP contribution in [0.15, 0.2) is 24.3 Å². The number of fused-ring (bicyclic) bond motifs is 1. The monoisotopic (exact) mass is 199 g/mol. The van der Waals surface area contributed by atoms with E-state index < -0.39 is 0 Å². The highest BCUT2D eigenvalue weighted by Crippen LogP contribution is 2.64. The summed E-state index contributed by atoms with van der Waals surface area (Å²) in [5, 5.41) is 18.4. The number of hydrogen-bond acceptors (Lipinski definition) is 2. The molecule has 0 saturated heterocycles. The molecular weight excluding hydrogens is 186 g/mol. The van der Waals surface area contributed by atoms with Crippen LogP contribution in [-0.4, -0.2) is 11.2 Å². The predicted octanol–water partition coefficient (Wildman–Crippen LogP) is 1.97. The Labute approximate surface area is 89.2 Å². The van der Waals surface area contributed by atoms with Gasteiger partial charge in [-0.15, -0.1) is 0 Å². The van der Waals surface area contributed by atoms with Crippen LogP contribution < -0.4 is 0 Å². The molecule has 2 fully saturated rings. The van der Waals surface area contributed by atoms with E-state index in [9.17, 15) is 5.11 Å². The van der Waals surface area contributed by atoms with E-state index in [1.54, 1.807) is 0 Å². The number of hydrogen-bond donors (Lipinski definition) is 1. The van der Waals surface area contributed by atoms with Crippen molar-refractivity contribution >= 4 is 0 Å². The predicted molar refractivity (Wildman–Crippen MR) is 56.2 cm³/mol. The molecule has 0 bridgehead atoms. The average molecular weight is 199 g/mol. The van der Waals surface area contributed by atoms with E-state index in [4.69, 9.17) is 5.26 Å². The molecular formula is C13H13NO. The molecule has 1 aromatic rings. The Morgan fingerprint density at radius 1 is 1.33 bits per heavy atom. The fourth-order valence-electron chi connectivity index (χ4n) is 3.08. The zero-order chi connectivity index (χ0) is 10.5. The molecule has 1 N–H and O–H groups in total. The molecule has 3 atom stereocenters. The summed E-state index contributed by atoms with van der Waals surface area (Å²) in [5.41, 5.74) is 2.28. The maximum absolute atomic E-state index is 9.71. The lowest BCUT2D eigenvalue weighted by Gasteiger charge is -2.11. The largest absolute Gasteiger partial charge is 0.393 e. The Hall–Kier alpha value is -1.33. The average Bonchev–Trinajstić information content (AvgIpc) is 2.95. The lowest BCUT2D eigenvalue weighted by atomic mass is 9.93. The quantitative estimate of drug-likeness (QED) is 0.751. The van der Waals surface area contributed by atoms with E-state index in [0.717, 1.165) is 19.3 Å². The van der Waals surface area contributed by atoms with Crippen LogP contribution in [0.3, 0.4) is 0 Å². The molecule has 2 heteroatoms. The summed E-state index contributed by atoms with van der Waals surface area (Å²) in [5.74, 6) is 0.477. The molecule has 0 aliphatic heterocycles. The standard InChI is InChI=1S/C13H13NO/c14-8-9-1-3-10(4-2-9)13-6-5-12(15)11(13)7-13/h1-4,11-12,15H,5-7H2/t11-,12-,13-/m0/s1. The van der Waals surface area contributed by atoms with Crippen molar-refractivity contribution in [2.45, 2.75) is 30.8 Å². The minimum Gasteiger partial charge on any atom is -0.393 e. The third-order valence-corrected chi connectivity index (χ3v) is 4.07. The van der Waals surface area contributed by atoms with Crippen molar-refractivity contribution in [1.29, 1.82) is 5.26 Å². The van der Waals surface area contributed by atoms with Gasteiger partial charge in [-0.05, 0) is 42.9 Å². The second kappa shape index (κ2) is 2.84. The molecule has 15 heavy (non-hydrogen) atoms. The van der Waals surface area contributed by atoms with E-state index in [2.05, 4.69) is 18.2 Å². The molecule has 2 aliphatic rings. The van der Waals surface area contributed by atoms with E-state index >= 15 is 0 Å². The summed E-state index contributed by atoms with van der Waals surface area (Å²) in [7, 11) is 0. The molecule has 3 rings (SSSR count).